The second-order valence-corrected chi connectivity index (χ2v) is 9.45. The lowest BCUT2D eigenvalue weighted by molar-refractivity contribution is -0.124. The molecule has 4 atom stereocenters. The minimum absolute atomic E-state index is 0.0854. The number of piperidine rings is 1. The summed E-state index contributed by atoms with van der Waals surface area (Å²) in [5, 5.41) is 26.5. The third-order valence-corrected chi connectivity index (χ3v) is 7.39. The van der Waals surface area contributed by atoms with Gasteiger partial charge in [-0.05, 0) is 66.0 Å². The van der Waals surface area contributed by atoms with Gasteiger partial charge in [-0.1, -0.05) is 24.3 Å². The summed E-state index contributed by atoms with van der Waals surface area (Å²) in [6.07, 6.45) is 4.70. The highest BCUT2D eigenvalue weighted by Crippen LogP contribution is 2.36. The Labute approximate surface area is 193 Å². The Morgan fingerprint density at radius 3 is 2.73 bits per heavy atom. The normalized spacial score (nSPS) is 24.3. The molecule has 2 aliphatic heterocycles. The van der Waals surface area contributed by atoms with E-state index in [1.165, 1.54) is 0 Å². The van der Waals surface area contributed by atoms with E-state index in [1.54, 1.807) is 24.1 Å². The molecule has 1 saturated carbocycles. The van der Waals surface area contributed by atoms with Crippen molar-refractivity contribution in [1.82, 2.24) is 10.6 Å². The fourth-order valence-corrected chi connectivity index (χ4v) is 5.49. The van der Waals surface area contributed by atoms with Crippen LogP contribution in [0.2, 0.25) is 0 Å². The Kier molecular flexibility index (Phi) is 5.55. The second kappa shape index (κ2) is 8.53. The van der Waals surface area contributed by atoms with Crippen molar-refractivity contribution in [3.63, 3.8) is 0 Å². The van der Waals surface area contributed by atoms with Crippen LogP contribution in [-0.4, -0.2) is 42.1 Å². The van der Waals surface area contributed by atoms with Crippen LogP contribution >= 0.6 is 0 Å². The highest BCUT2D eigenvalue weighted by Gasteiger charge is 2.43. The SMILES string of the molecule is CN1C(=O)CCc2ccc(-c3ccc(CC(C#N)NC(=O)[C@H]4N[C@@H]5CC[C@H]4C5)c(O)c3)cc21. The number of benzene rings is 2. The maximum atomic E-state index is 12.7. The number of phenolic OH excluding ortho intramolecular Hbond substituents is 1. The van der Waals surface area contributed by atoms with Crippen molar-refractivity contribution in [1.29, 1.82) is 5.26 Å². The monoisotopic (exact) mass is 444 g/mol. The fraction of sp³-hybridized carbons (Fsp3) is 0.423. The zero-order valence-electron chi connectivity index (χ0n) is 18.7. The van der Waals surface area contributed by atoms with Crippen LogP contribution in [0.3, 0.4) is 0 Å². The smallest absolute Gasteiger partial charge is 0.238 e. The number of anilines is 1. The number of carbonyl (C=O) groups is 2. The minimum Gasteiger partial charge on any atom is -0.508 e. The highest BCUT2D eigenvalue weighted by atomic mass is 16.3. The summed E-state index contributed by atoms with van der Waals surface area (Å²) in [6.45, 7) is 0. The lowest BCUT2D eigenvalue weighted by atomic mass is 9.95. The maximum Gasteiger partial charge on any atom is 0.238 e. The molecule has 3 aliphatic rings. The molecule has 2 aromatic rings. The lowest BCUT2D eigenvalue weighted by Crippen LogP contribution is -2.50. The van der Waals surface area contributed by atoms with Crippen molar-refractivity contribution < 1.29 is 14.7 Å². The Morgan fingerprint density at radius 1 is 1.24 bits per heavy atom. The molecule has 2 amide bonds. The average molecular weight is 445 g/mol. The zero-order valence-corrected chi connectivity index (χ0v) is 18.7. The number of carbonyl (C=O) groups excluding carboxylic acids is 2. The number of amides is 2. The van der Waals surface area contributed by atoms with E-state index >= 15 is 0 Å². The Morgan fingerprint density at radius 2 is 2.03 bits per heavy atom. The molecule has 170 valence electrons. The highest BCUT2D eigenvalue weighted by molar-refractivity contribution is 5.96. The van der Waals surface area contributed by atoms with Gasteiger partial charge in [0.1, 0.15) is 11.8 Å². The van der Waals surface area contributed by atoms with E-state index < -0.39 is 6.04 Å². The second-order valence-electron chi connectivity index (χ2n) is 9.45. The molecule has 7 heteroatoms. The number of aryl methyl sites for hydroxylation is 1. The first-order valence-electron chi connectivity index (χ1n) is 11.6. The minimum atomic E-state index is -0.710. The van der Waals surface area contributed by atoms with Gasteiger partial charge in [0.15, 0.2) is 0 Å². The molecule has 5 rings (SSSR count). The average Bonchev–Trinajstić information content (AvgIpc) is 3.46. The predicted molar refractivity (Wildman–Crippen MR) is 125 cm³/mol. The number of nitriles is 1. The van der Waals surface area contributed by atoms with Crippen molar-refractivity contribution in [3.8, 4) is 22.9 Å². The number of aromatic hydroxyl groups is 1. The Bertz CT molecular complexity index is 1150. The summed E-state index contributed by atoms with van der Waals surface area (Å²) >= 11 is 0. The molecule has 0 spiro atoms. The van der Waals surface area contributed by atoms with Gasteiger partial charge in [0.2, 0.25) is 11.8 Å². The van der Waals surface area contributed by atoms with Crippen LogP contribution in [0.1, 0.15) is 36.8 Å². The van der Waals surface area contributed by atoms with Crippen molar-refractivity contribution in [2.75, 3.05) is 11.9 Å². The number of hydrogen-bond acceptors (Lipinski definition) is 5. The molecule has 3 N–H and O–H groups in total. The van der Waals surface area contributed by atoms with Gasteiger partial charge in [-0.2, -0.15) is 5.26 Å². The van der Waals surface area contributed by atoms with Gasteiger partial charge in [0.25, 0.3) is 0 Å². The molecule has 1 aliphatic carbocycles. The maximum absolute atomic E-state index is 12.7. The van der Waals surface area contributed by atoms with Gasteiger partial charge < -0.3 is 20.6 Å². The fourth-order valence-electron chi connectivity index (χ4n) is 5.49. The molecular formula is C26H28N4O3. The summed E-state index contributed by atoms with van der Waals surface area (Å²) in [6, 6.07) is 13.0. The largest absolute Gasteiger partial charge is 0.508 e. The van der Waals surface area contributed by atoms with E-state index in [9.17, 15) is 20.0 Å². The lowest BCUT2D eigenvalue weighted by Gasteiger charge is -2.26. The molecule has 0 aromatic heterocycles. The summed E-state index contributed by atoms with van der Waals surface area (Å²) in [5.74, 6) is 0.413. The van der Waals surface area contributed by atoms with E-state index in [4.69, 9.17) is 0 Å². The van der Waals surface area contributed by atoms with Crippen LogP contribution in [0.4, 0.5) is 5.69 Å². The van der Waals surface area contributed by atoms with Crippen LogP contribution in [0, 0.1) is 17.2 Å². The van der Waals surface area contributed by atoms with Crippen LogP contribution in [0.25, 0.3) is 11.1 Å². The predicted octanol–water partition coefficient (Wildman–Crippen LogP) is 2.66. The van der Waals surface area contributed by atoms with Crippen molar-refractivity contribution in [2.24, 2.45) is 5.92 Å². The topological polar surface area (TPSA) is 105 Å². The quantitative estimate of drug-likeness (QED) is 0.658. The van der Waals surface area contributed by atoms with Gasteiger partial charge in [-0.3, -0.25) is 9.59 Å². The molecule has 33 heavy (non-hydrogen) atoms. The number of nitrogens with zero attached hydrogens (tertiary/aromatic N) is 2. The molecular weight excluding hydrogens is 416 g/mol. The molecule has 1 unspecified atom stereocenters. The van der Waals surface area contributed by atoms with E-state index in [0.717, 1.165) is 48.1 Å². The van der Waals surface area contributed by atoms with Crippen LogP contribution in [0.5, 0.6) is 5.75 Å². The van der Waals surface area contributed by atoms with Gasteiger partial charge in [0.05, 0.1) is 12.1 Å². The summed E-state index contributed by atoms with van der Waals surface area (Å²) in [7, 11) is 1.78. The number of phenols is 1. The van der Waals surface area contributed by atoms with Crippen molar-refractivity contribution in [2.45, 2.75) is 56.7 Å². The molecule has 1 saturated heterocycles. The van der Waals surface area contributed by atoms with E-state index in [-0.39, 0.29) is 30.0 Å². The van der Waals surface area contributed by atoms with Gasteiger partial charge >= 0.3 is 0 Å². The molecule has 0 radical (unpaired) electrons. The Hall–Kier alpha value is -3.37. The van der Waals surface area contributed by atoms with E-state index in [2.05, 4.69) is 16.7 Å². The molecule has 2 fully saturated rings. The van der Waals surface area contributed by atoms with Crippen molar-refractivity contribution in [3.05, 3.63) is 47.5 Å². The number of rotatable bonds is 5. The summed E-state index contributed by atoms with van der Waals surface area (Å²) in [4.78, 5) is 26.4. The van der Waals surface area contributed by atoms with Gasteiger partial charge in [-0.15, -0.1) is 0 Å². The standard InChI is InChI=1S/C26H28N4O3/c1-30-22-12-16(3-2-15(22)7-9-24(30)32)17-4-5-18(23(31)13-17)10-21(14-27)29-26(33)25-19-6-8-20(11-19)28-25/h2-5,12-13,19-21,25,28,31H,6-11H2,1H3,(H,29,33)/t19-,20+,21?,25-/m0/s1. The first kappa shape index (κ1) is 21.5. The number of nitrogens with one attached hydrogen (secondary N) is 2. The van der Waals surface area contributed by atoms with E-state index in [0.29, 0.717) is 23.9 Å². The summed E-state index contributed by atoms with van der Waals surface area (Å²) < 4.78 is 0. The number of hydrogen-bond donors (Lipinski definition) is 3. The molecule has 7 nitrogen and oxygen atoms in total. The van der Waals surface area contributed by atoms with E-state index in [1.807, 2.05) is 24.3 Å². The van der Waals surface area contributed by atoms with Crippen LogP contribution < -0.4 is 15.5 Å². The summed E-state index contributed by atoms with van der Waals surface area (Å²) in [5.41, 5.74) is 4.38. The molecule has 2 bridgehead atoms. The molecule has 2 aromatic carbocycles. The van der Waals surface area contributed by atoms with Crippen LogP contribution in [-0.2, 0) is 22.4 Å². The van der Waals surface area contributed by atoms with Crippen molar-refractivity contribution >= 4 is 17.5 Å². The third kappa shape index (κ3) is 4.07. The molecule has 2 heterocycles. The van der Waals surface area contributed by atoms with Crippen LogP contribution in [0.15, 0.2) is 36.4 Å². The van der Waals surface area contributed by atoms with Gasteiger partial charge in [-0.25, -0.2) is 0 Å². The third-order valence-electron chi connectivity index (χ3n) is 7.39. The zero-order chi connectivity index (χ0) is 23.1. The number of fused-ring (bicyclic) bond motifs is 3. The first-order chi connectivity index (χ1) is 15.9. The first-order valence-corrected chi connectivity index (χ1v) is 11.6. The van der Waals surface area contributed by atoms with Gasteiger partial charge in [0, 0.05) is 31.6 Å². The Balaban J connectivity index is 1.29.